The highest BCUT2D eigenvalue weighted by Gasteiger charge is 2.09. The molecule has 5 heteroatoms. The van der Waals surface area contributed by atoms with Gasteiger partial charge in [-0.05, 0) is 65.1 Å². The molecule has 0 aliphatic heterocycles. The number of carbonyl (C=O) groups is 1. The molecule has 27 heavy (non-hydrogen) atoms. The molecule has 0 aromatic heterocycles. The van der Waals surface area contributed by atoms with E-state index in [4.69, 9.17) is 4.74 Å². The Morgan fingerprint density at radius 3 is 2.37 bits per heavy atom. The number of rotatable bonds is 7. The van der Waals surface area contributed by atoms with Crippen LogP contribution in [0, 0.1) is 3.57 Å². The number of amides is 1. The molecule has 138 valence electrons. The topological polar surface area (TPSA) is 41.6 Å². The minimum atomic E-state index is -0.178. The van der Waals surface area contributed by atoms with Crippen molar-refractivity contribution in [3.8, 4) is 5.75 Å². The van der Waals surface area contributed by atoms with Crippen LogP contribution in [0.1, 0.15) is 5.56 Å². The quantitative estimate of drug-likeness (QED) is 0.496. The summed E-state index contributed by atoms with van der Waals surface area (Å²) in [6, 6.07) is 25.6. The predicted octanol–water partition coefficient (Wildman–Crippen LogP) is 4.95. The van der Waals surface area contributed by atoms with Crippen molar-refractivity contribution in [2.24, 2.45) is 0 Å². The van der Waals surface area contributed by atoms with Gasteiger partial charge in [-0.15, -0.1) is 0 Å². The molecule has 0 unspecified atom stereocenters. The van der Waals surface area contributed by atoms with E-state index < -0.39 is 0 Å². The second-order valence-electron chi connectivity index (χ2n) is 6.14. The van der Waals surface area contributed by atoms with E-state index in [-0.39, 0.29) is 12.5 Å². The Bertz CT molecular complexity index is 882. The Balaban J connectivity index is 1.60. The van der Waals surface area contributed by atoms with Crippen molar-refractivity contribution in [2.75, 3.05) is 23.9 Å². The van der Waals surface area contributed by atoms with Gasteiger partial charge >= 0.3 is 0 Å². The van der Waals surface area contributed by atoms with Crippen LogP contribution in [0.15, 0.2) is 78.9 Å². The Hall–Kier alpha value is -2.54. The molecular weight excluding hydrogens is 451 g/mol. The summed E-state index contributed by atoms with van der Waals surface area (Å²) in [5.41, 5.74) is 2.93. The highest BCUT2D eigenvalue weighted by atomic mass is 127. The van der Waals surface area contributed by atoms with Gasteiger partial charge in [0.05, 0.1) is 0 Å². The molecule has 3 aromatic carbocycles. The smallest absolute Gasteiger partial charge is 0.262 e. The third-order valence-corrected chi connectivity index (χ3v) is 4.78. The largest absolute Gasteiger partial charge is 0.483 e. The van der Waals surface area contributed by atoms with Crippen LogP contribution >= 0.6 is 22.6 Å². The van der Waals surface area contributed by atoms with Crippen LogP contribution in [0.25, 0.3) is 0 Å². The fraction of sp³-hybridized carbons (Fsp3) is 0.136. The van der Waals surface area contributed by atoms with Gasteiger partial charge in [0.25, 0.3) is 5.91 Å². The van der Waals surface area contributed by atoms with E-state index in [0.29, 0.717) is 6.54 Å². The lowest BCUT2D eigenvalue weighted by Gasteiger charge is -2.21. The molecular formula is C22H21IN2O2. The molecule has 1 N–H and O–H groups in total. The Morgan fingerprint density at radius 2 is 1.63 bits per heavy atom. The Kier molecular flexibility index (Phi) is 6.70. The monoisotopic (exact) mass is 472 g/mol. The molecule has 0 spiro atoms. The van der Waals surface area contributed by atoms with Crippen LogP contribution in [-0.4, -0.2) is 19.6 Å². The van der Waals surface area contributed by atoms with Gasteiger partial charge in [0.1, 0.15) is 5.75 Å². The van der Waals surface area contributed by atoms with E-state index in [0.717, 1.165) is 26.3 Å². The van der Waals surface area contributed by atoms with E-state index in [1.165, 1.54) is 0 Å². The fourth-order valence-corrected chi connectivity index (χ4v) is 3.04. The van der Waals surface area contributed by atoms with Crippen molar-refractivity contribution in [1.82, 2.24) is 0 Å². The van der Waals surface area contributed by atoms with E-state index in [2.05, 4.69) is 44.9 Å². The average molecular weight is 472 g/mol. The molecule has 0 aliphatic rings. The highest BCUT2D eigenvalue weighted by Crippen LogP contribution is 2.22. The number of benzene rings is 3. The van der Waals surface area contributed by atoms with Crippen LogP contribution in [0.5, 0.6) is 5.75 Å². The molecule has 0 saturated heterocycles. The van der Waals surface area contributed by atoms with Crippen molar-refractivity contribution in [3.05, 3.63) is 88.0 Å². The van der Waals surface area contributed by atoms with E-state index in [9.17, 15) is 4.79 Å². The molecule has 0 bridgehead atoms. The SMILES string of the molecule is CN(Cc1ccccc1OCC(=O)Nc1ccc(I)cc1)c1ccccc1. The first-order chi connectivity index (χ1) is 13.1. The maximum Gasteiger partial charge on any atom is 0.262 e. The number of ether oxygens (including phenoxy) is 1. The van der Waals surface area contributed by atoms with Crippen LogP contribution < -0.4 is 15.0 Å². The highest BCUT2D eigenvalue weighted by molar-refractivity contribution is 14.1. The maximum atomic E-state index is 12.2. The first kappa shape index (κ1) is 19.2. The zero-order valence-corrected chi connectivity index (χ0v) is 17.2. The number of nitrogens with zero attached hydrogens (tertiary/aromatic N) is 1. The van der Waals surface area contributed by atoms with E-state index >= 15 is 0 Å². The molecule has 0 aliphatic carbocycles. The minimum absolute atomic E-state index is 0.0297. The molecule has 1 amide bonds. The van der Waals surface area contributed by atoms with Gasteiger partial charge in [-0.1, -0.05) is 36.4 Å². The maximum absolute atomic E-state index is 12.2. The second-order valence-corrected chi connectivity index (χ2v) is 7.39. The van der Waals surface area contributed by atoms with Crippen molar-refractivity contribution in [2.45, 2.75) is 6.54 Å². The predicted molar refractivity (Wildman–Crippen MR) is 118 cm³/mol. The minimum Gasteiger partial charge on any atom is -0.483 e. The third-order valence-electron chi connectivity index (χ3n) is 4.06. The summed E-state index contributed by atoms with van der Waals surface area (Å²) in [6.07, 6.45) is 0. The molecule has 3 aromatic rings. The number of hydrogen-bond acceptors (Lipinski definition) is 3. The van der Waals surface area contributed by atoms with Crippen molar-refractivity contribution < 1.29 is 9.53 Å². The number of para-hydroxylation sites is 2. The van der Waals surface area contributed by atoms with Crippen molar-refractivity contribution >= 4 is 39.9 Å². The molecule has 0 heterocycles. The fourth-order valence-electron chi connectivity index (χ4n) is 2.68. The number of nitrogens with one attached hydrogen (secondary N) is 1. The summed E-state index contributed by atoms with van der Waals surface area (Å²) in [5, 5.41) is 2.85. The molecule has 4 nitrogen and oxygen atoms in total. The number of anilines is 2. The lowest BCUT2D eigenvalue weighted by Crippen LogP contribution is -2.21. The first-order valence-corrected chi connectivity index (χ1v) is 9.72. The van der Waals surface area contributed by atoms with E-state index in [1.54, 1.807) is 0 Å². The summed E-state index contributed by atoms with van der Waals surface area (Å²) in [5.74, 6) is 0.542. The van der Waals surface area contributed by atoms with Gasteiger partial charge in [-0.3, -0.25) is 4.79 Å². The number of hydrogen-bond donors (Lipinski definition) is 1. The van der Waals surface area contributed by atoms with Crippen LogP contribution in [0.4, 0.5) is 11.4 Å². The summed E-state index contributed by atoms with van der Waals surface area (Å²) >= 11 is 2.23. The zero-order valence-electron chi connectivity index (χ0n) is 15.1. The van der Waals surface area contributed by atoms with Gasteiger partial charge in [0.2, 0.25) is 0 Å². The van der Waals surface area contributed by atoms with Crippen LogP contribution in [0.2, 0.25) is 0 Å². The first-order valence-electron chi connectivity index (χ1n) is 8.64. The Labute approximate surface area is 173 Å². The lowest BCUT2D eigenvalue weighted by molar-refractivity contribution is -0.118. The molecule has 3 rings (SSSR count). The Morgan fingerprint density at radius 1 is 0.963 bits per heavy atom. The molecule has 0 atom stereocenters. The lowest BCUT2D eigenvalue weighted by atomic mass is 10.2. The van der Waals surface area contributed by atoms with Crippen molar-refractivity contribution in [1.29, 1.82) is 0 Å². The van der Waals surface area contributed by atoms with Gasteiger partial charge in [0.15, 0.2) is 6.61 Å². The number of halogens is 1. The van der Waals surface area contributed by atoms with E-state index in [1.807, 2.05) is 73.8 Å². The standard InChI is InChI=1S/C22H21IN2O2/c1-25(20-8-3-2-4-9-20)15-17-7-5-6-10-21(17)27-16-22(26)24-19-13-11-18(23)12-14-19/h2-14H,15-16H2,1H3,(H,24,26). The van der Waals surface area contributed by atoms with Gasteiger partial charge < -0.3 is 15.0 Å². The van der Waals surface area contributed by atoms with Gasteiger partial charge in [-0.25, -0.2) is 0 Å². The molecule has 0 saturated carbocycles. The number of carbonyl (C=O) groups excluding carboxylic acids is 1. The normalized spacial score (nSPS) is 10.3. The average Bonchev–Trinajstić information content (AvgIpc) is 2.70. The van der Waals surface area contributed by atoms with Crippen molar-refractivity contribution in [3.63, 3.8) is 0 Å². The second kappa shape index (κ2) is 9.41. The summed E-state index contributed by atoms with van der Waals surface area (Å²) in [4.78, 5) is 14.3. The van der Waals surface area contributed by atoms with Crippen LogP contribution in [0.3, 0.4) is 0 Å². The van der Waals surface area contributed by atoms with Gasteiger partial charge in [0, 0.05) is 34.1 Å². The summed E-state index contributed by atoms with van der Waals surface area (Å²) < 4.78 is 6.91. The molecule has 0 fully saturated rings. The third kappa shape index (κ3) is 5.72. The zero-order chi connectivity index (χ0) is 19.1. The summed E-state index contributed by atoms with van der Waals surface area (Å²) in [7, 11) is 2.04. The molecule has 0 radical (unpaired) electrons. The van der Waals surface area contributed by atoms with Crippen LogP contribution in [-0.2, 0) is 11.3 Å². The summed E-state index contributed by atoms with van der Waals surface area (Å²) in [6.45, 7) is 0.664. The van der Waals surface area contributed by atoms with Gasteiger partial charge in [-0.2, -0.15) is 0 Å².